The maximum atomic E-state index is 10.8. The van der Waals surface area contributed by atoms with Gasteiger partial charge >= 0.3 is 0 Å². The van der Waals surface area contributed by atoms with Gasteiger partial charge in [0.1, 0.15) is 11.8 Å². The molecule has 0 radical (unpaired) electrons. The van der Waals surface area contributed by atoms with Crippen molar-refractivity contribution < 1.29 is 9.34 Å². The van der Waals surface area contributed by atoms with Crippen LogP contribution in [0.5, 0.6) is 0 Å². The molecule has 2 aromatic rings. The molecular formula is C15H13N3O3. The number of fused-ring (bicyclic) bond motifs is 1. The van der Waals surface area contributed by atoms with Gasteiger partial charge in [0.05, 0.1) is 28.5 Å². The summed E-state index contributed by atoms with van der Waals surface area (Å²) < 4.78 is 5.44. The SMILES string of the molecule is N#Cc1cc([N+](=O)[O-])ccc1NC1CCCc2occc21. The van der Waals surface area contributed by atoms with Crippen LogP contribution in [0.2, 0.25) is 0 Å². The van der Waals surface area contributed by atoms with Crippen molar-refractivity contribution in [2.24, 2.45) is 0 Å². The summed E-state index contributed by atoms with van der Waals surface area (Å²) >= 11 is 0. The van der Waals surface area contributed by atoms with Gasteiger partial charge in [-0.2, -0.15) is 5.26 Å². The Balaban J connectivity index is 1.90. The van der Waals surface area contributed by atoms with Crippen molar-refractivity contribution in [3.8, 4) is 6.07 Å². The van der Waals surface area contributed by atoms with E-state index >= 15 is 0 Å². The van der Waals surface area contributed by atoms with Gasteiger partial charge in [-0.1, -0.05) is 0 Å². The Labute approximate surface area is 121 Å². The van der Waals surface area contributed by atoms with E-state index in [1.54, 1.807) is 12.3 Å². The molecule has 0 saturated heterocycles. The van der Waals surface area contributed by atoms with Crippen LogP contribution in [0, 0.1) is 21.4 Å². The number of nitrogens with zero attached hydrogens (tertiary/aromatic N) is 2. The molecule has 1 aliphatic carbocycles. The Kier molecular flexibility index (Phi) is 3.32. The molecule has 1 N–H and O–H groups in total. The Bertz CT molecular complexity index is 730. The van der Waals surface area contributed by atoms with Crippen LogP contribution in [0.3, 0.4) is 0 Å². The fourth-order valence-corrected chi connectivity index (χ4v) is 2.69. The van der Waals surface area contributed by atoms with Gasteiger partial charge in [-0.15, -0.1) is 0 Å². The maximum Gasteiger partial charge on any atom is 0.270 e. The predicted octanol–water partition coefficient (Wildman–Crippen LogP) is 3.55. The molecule has 0 aliphatic heterocycles. The molecule has 21 heavy (non-hydrogen) atoms. The summed E-state index contributed by atoms with van der Waals surface area (Å²) in [5.74, 6) is 0.971. The van der Waals surface area contributed by atoms with Crippen LogP contribution in [0.4, 0.5) is 11.4 Å². The number of anilines is 1. The molecule has 6 nitrogen and oxygen atoms in total. The van der Waals surface area contributed by atoms with Crippen molar-refractivity contribution in [3.05, 3.63) is 57.5 Å². The zero-order valence-electron chi connectivity index (χ0n) is 11.2. The molecule has 1 aromatic heterocycles. The van der Waals surface area contributed by atoms with Gasteiger partial charge in [0, 0.05) is 24.1 Å². The second kappa shape index (κ2) is 5.29. The van der Waals surface area contributed by atoms with Crippen LogP contribution in [0.1, 0.15) is 35.8 Å². The second-order valence-electron chi connectivity index (χ2n) is 4.99. The van der Waals surface area contributed by atoms with Crippen LogP contribution in [0.15, 0.2) is 34.9 Å². The molecule has 106 valence electrons. The Morgan fingerprint density at radius 2 is 2.29 bits per heavy atom. The highest BCUT2D eigenvalue weighted by Crippen LogP contribution is 2.34. The Hall–Kier alpha value is -2.81. The number of nitro groups is 1. The van der Waals surface area contributed by atoms with Crippen LogP contribution in [0.25, 0.3) is 0 Å². The summed E-state index contributed by atoms with van der Waals surface area (Å²) in [5, 5.41) is 23.2. The first-order valence-electron chi connectivity index (χ1n) is 6.70. The summed E-state index contributed by atoms with van der Waals surface area (Å²) in [6, 6.07) is 8.30. The van der Waals surface area contributed by atoms with Gasteiger partial charge in [0.15, 0.2) is 0 Å². The third kappa shape index (κ3) is 2.46. The van der Waals surface area contributed by atoms with Gasteiger partial charge in [0.25, 0.3) is 5.69 Å². The number of nitrogens with one attached hydrogen (secondary N) is 1. The summed E-state index contributed by atoms with van der Waals surface area (Å²) in [4.78, 5) is 10.3. The van der Waals surface area contributed by atoms with E-state index in [0.29, 0.717) is 5.69 Å². The first-order valence-corrected chi connectivity index (χ1v) is 6.70. The van der Waals surface area contributed by atoms with E-state index < -0.39 is 4.92 Å². The summed E-state index contributed by atoms with van der Waals surface area (Å²) in [7, 11) is 0. The van der Waals surface area contributed by atoms with E-state index in [4.69, 9.17) is 4.42 Å². The van der Waals surface area contributed by atoms with Gasteiger partial charge < -0.3 is 9.73 Å². The number of nitriles is 1. The average Bonchev–Trinajstić information content (AvgIpc) is 2.97. The zero-order valence-corrected chi connectivity index (χ0v) is 11.2. The highest BCUT2D eigenvalue weighted by molar-refractivity contribution is 5.62. The molecule has 1 heterocycles. The van der Waals surface area contributed by atoms with Crippen molar-refractivity contribution in [2.75, 3.05) is 5.32 Å². The van der Waals surface area contributed by atoms with Gasteiger partial charge in [0.2, 0.25) is 0 Å². The number of rotatable bonds is 3. The normalized spacial score (nSPS) is 16.8. The lowest BCUT2D eigenvalue weighted by atomic mass is 9.93. The number of non-ortho nitro benzene ring substituents is 1. The molecule has 0 amide bonds. The first-order chi connectivity index (χ1) is 10.2. The molecule has 0 fully saturated rings. The molecule has 6 heteroatoms. The summed E-state index contributed by atoms with van der Waals surface area (Å²) in [6.45, 7) is 0. The summed E-state index contributed by atoms with van der Waals surface area (Å²) in [6.07, 6.45) is 4.54. The molecule has 3 rings (SSSR count). The van der Waals surface area contributed by atoms with Crippen molar-refractivity contribution in [2.45, 2.75) is 25.3 Å². The monoisotopic (exact) mass is 283 g/mol. The van der Waals surface area contributed by atoms with Gasteiger partial charge in [-0.05, 0) is 25.0 Å². The van der Waals surface area contributed by atoms with Gasteiger partial charge in [-0.25, -0.2) is 0 Å². The molecule has 0 saturated carbocycles. The number of aryl methyl sites for hydroxylation is 1. The minimum atomic E-state index is -0.501. The Morgan fingerprint density at radius 3 is 3.05 bits per heavy atom. The summed E-state index contributed by atoms with van der Waals surface area (Å²) in [5.41, 5.74) is 1.91. The molecule has 0 bridgehead atoms. The number of benzene rings is 1. The Morgan fingerprint density at radius 1 is 1.43 bits per heavy atom. The number of nitro benzene ring substituents is 1. The maximum absolute atomic E-state index is 10.8. The number of furan rings is 1. The lowest BCUT2D eigenvalue weighted by molar-refractivity contribution is -0.384. The molecule has 1 aliphatic rings. The lowest BCUT2D eigenvalue weighted by Crippen LogP contribution is -2.16. The average molecular weight is 283 g/mol. The van der Waals surface area contributed by atoms with E-state index in [-0.39, 0.29) is 17.3 Å². The quantitative estimate of drug-likeness (QED) is 0.687. The lowest BCUT2D eigenvalue weighted by Gasteiger charge is -2.24. The van der Waals surface area contributed by atoms with Crippen molar-refractivity contribution >= 4 is 11.4 Å². The highest BCUT2D eigenvalue weighted by Gasteiger charge is 2.23. The largest absolute Gasteiger partial charge is 0.469 e. The molecular weight excluding hydrogens is 270 g/mol. The zero-order chi connectivity index (χ0) is 14.8. The van der Waals surface area contributed by atoms with Gasteiger partial charge in [-0.3, -0.25) is 10.1 Å². The molecule has 1 aromatic carbocycles. The molecule has 1 atom stereocenters. The fourth-order valence-electron chi connectivity index (χ4n) is 2.69. The molecule has 1 unspecified atom stereocenters. The van der Waals surface area contributed by atoms with Crippen LogP contribution >= 0.6 is 0 Å². The minimum absolute atomic E-state index is 0.0704. The van der Waals surface area contributed by atoms with Crippen molar-refractivity contribution in [3.63, 3.8) is 0 Å². The predicted molar refractivity (Wildman–Crippen MR) is 75.8 cm³/mol. The van der Waals surface area contributed by atoms with Crippen molar-refractivity contribution in [1.29, 1.82) is 5.26 Å². The third-order valence-corrected chi connectivity index (χ3v) is 3.72. The van der Waals surface area contributed by atoms with E-state index in [2.05, 4.69) is 5.32 Å². The smallest absolute Gasteiger partial charge is 0.270 e. The van der Waals surface area contributed by atoms with Crippen molar-refractivity contribution in [1.82, 2.24) is 0 Å². The molecule has 0 spiro atoms. The van der Waals surface area contributed by atoms with Crippen LogP contribution in [-0.4, -0.2) is 4.92 Å². The van der Waals surface area contributed by atoms with E-state index in [9.17, 15) is 15.4 Å². The van der Waals surface area contributed by atoms with Crippen LogP contribution < -0.4 is 5.32 Å². The van der Waals surface area contributed by atoms with E-state index in [0.717, 1.165) is 30.6 Å². The van der Waals surface area contributed by atoms with E-state index in [1.165, 1.54) is 12.1 Å². The van der Waals surface area contributed by atoms with Crippen LogP contribution in [-0.2, 0) is 6.42 Å². The second-order valence-corrected chi connectivity index (χ2v) is 4.99. The topological polar surface area (TPSA) is 92.1 Å². The first kappa shape index (κ1) is 13.2. The number of hydrogen-bond acceptors (Lipinski definition) is 5. The van der Waals surface area contributed by atoms with E-state index in [1.807, 2.05) is 12.1 Å². The standard InChI is InChI=1S/C15H13N3O3/c16-9-10-8-11(18(19)20)4-5-13(10)17-14-2-1-3-15-12(14)6-7-21-15/h4-8,14,17H,1-3H2. The fraction of sp³-hybridized carbons (Fsp3) is 0.267. The highest BCUT2D eigenvalue weighted by atomic mass is 16.6. The minimum Gasteiger partial charge on any atom is -0.469 e. The number of hydrogen-bond donors (Lipinski definition) is 1. The third-order valence-electron chi connectivity index (χ3n) is 3.72.